The molecular weight excluding hydrogens is 294 g/mol. The highest BCUT2D eigenvalue weighted by Crippen LogP contribution is 2.18. The average Bonchev–Trinajstić information content (AvgIpc) is 2.37. The number of aliphatic carboxylic acids is 1. The maximum atomic E-state index is 12.5. The Hall–Kier alpha value is -1.73. The maximum Gasteiger partial charge on any atom is 0.318 e. The van der Waals surface area contributed by atoms with E-state index in [1.54, 1.807) is 0 Å². The van der Waals surface area contributed by atoms with Gasteiger partial charge in [0.1, 0.15) is 6.54 Å². The zero-order valence-corrected chi connectivity index (χ0v) is 13.1. The second-order valence-corrected chi connectivity index (χ2v) is 7.10. The Morgan fingerprint density at radius 1 is 1.19 bits per heavy atom. The van der Waals surface area contributed by atoms with Crippen LogP contribution in [-0.2, 0) is 14.8 Å². The fraction of sp³-hybridized carbons (Fsp3) is 0.429. The third-order valence-electron chi connectivity index (χ3n) is 2.78. The quantitative estimate of drug-likeness (QED) is 0.772. The first-order valence-electron chi connectivity index (χ1n) is 6.47. The lowest BCUT2D eigenvalue weighted by Gasteiger charge is -2.22. The van der Waals surface area contributed by atoms with Crippen LogP contribution in [0.1, 0.15) is 31.1 Å². The van der Waals surface area contributed by atoms with Crippen molar-refractivity contribution in [2.24, 2.45) is 5.92 Å². The molecule has 0 aliphatic rings. The molecule has 0 fully saturated rings. The lowest BCUT2D eigenvalue weighted by Crippen LogP contribution is -2.38. The Morgan fingerprint density at radius 2 is 1.71 bits per heavy atom. The van der Waals surface area contributed by atoms with Gasteiger partial charge in [0.15, 0.2) is 5.78 Å². The smallest absolute Gasteiger partial charge is 0.318 e. The topological polar surface area (TPSA) is 91.8 Å². The monoisotopic (exact) mass is 313 g/mol. The summed E-state index contributed by atoms with van der Waals surface area (Å²) < 4.78 is 25.9. The predicted molar refractivity (Wildman–Crippen MR) is 77.7 cm³/mol. The summed E-state index contributed by atoms with van der Waals surface area (Å²) in [6.07, 6.45) is 0. The van der Waals surface area contributed by atoms with Crippen LogP contribution in [0.2, 0.25) is 0 Å². The van der Waals surface area contributed by atoms with Crippen molar-refractivity contribution >= 4 is 21.8 Å². The number of benzene rings is 1. The van der Waals surface area contributed by atoms with Crippen LogP contribution in [0, 0.1) is 5.92 Å². The van der Waals surface area contributed by atoms with Crippen molar-refractivity contribution in [2.45, 2.75) is 25.7 Å². The van der Waals surface area contributed by atoms with Gasteiger partial charge in [-0.2, -0.15) is 4.31 Å². The number of Topliss-reactive ketones (excluding diaryl/α,β-unsaturated/α-hetero) is 1. The maximum absolute atomic E-state index is 12.5. The van der Waals surface area contributed by atoms with Crippen molar-refractivity contribution in [1.29, 1.82) is 0 Å². The van der Waals surface area contributed by atoms with Crippen molar-refractivity contribution in [3.8, 4) is 0 Å². The van der Waals surface area contributed by atoms with Crippen LogP contribution in [0.25, 0.3) is 0 Å². The van der Waals surface area contributed by atoms with Crippen LogP contribution in [-0.4, -0.2) is 42.7 Å². The van der Waals surface area contributed by atoms with Crippen LogP contribution in [0.5, 0.6) is 0 Å². The lowest BCUT2D eigenvalue weighted by atomic mass is 10.2. The van der Waals surface area contributed by atoms with Gasteiger partial charge in [-0.25, -0.2) is 8.42 Å². The van der Waals surface area contributed by atoms with E-state index in [9.17, 15) is 18.0 Å². The molecule has 0 bridgehead atoms. The van der Waals surface area contributed by atoms with Gasteiger partial charge in [0, 0.05) is 12.1 Å². The molecule has 1 aromatic rings. The molecule has 1 N–H and O–H groups in total. The van der Waals surface area contributed by atoms with E-state index in [1.807, 2.05) is 13.8 Å². The summed E-state index contributed by atoms with van der Waals surface area (Å²) in [4.78, 5) is 22.0. The second kappa shape index (κ2) is 6.82. The molecule has 0 aliphatic carbocycles. The predicted octanol–water partition coefficient (Wildman–Crippen LogP) is 1.62. The molecule has 0 saturated carbocycles. The van der Waals surface area contributed by atoms with Crippen LogP contribution < -0.4 is 0 Å². The molecule has 7 heteroatoms. The van der Waals surface area contributed by atoms with E-state index < -0.39 is 22.5 Å². The molecule has 0 radical (unpaired) electrons. The third-order valence-corrected chi connectivity index (χ3v) is 4.60. The molecule has 0 heterocycles. The number of hydrogen-bond acceptors (Lipinski definition) is 4. The molecule has 116 valence electrons. The zero-order valence-electron chi connectivity index (χ0n) is 12.2. The largest absolute Gasteiger partial charge is 0.480 e. The van der Waals surface area contributed by atoms with Gasteiger partial charge in [-0.1, -0.05) is 26.0 Å². The van der Waals surface area contributed by atoms with E-state index in [4.69, 9.17) is 5.11 Å². The highest BCUT2D eigenvalue weighted by Gasteiger charge is 2.27. The molecule has 6 nitrogen and oxygen atoms in total. The first kappa shape index (κ1) is 17.3. The molecule has 0 saturated heterocycles. The van der Waals surface area contributed by atoms with E-state index in [0.717, 1.165) is 4.31 Å². The Kier molecular flexibility index (Phi) is 5.62. The van der Waals surface area contributed by atoms with Crippen LogP contribution in [0.3, 0.4) is 0 Å². The number of nitrogens with zero attached hydrogens (tertiary/aromatic N) is 1. The summed E-state index contributed by atoms with van der Waals surface area (Å²) in [7, 11) is -3.89. The summed E-state index contributed by atoms with van der Waals surface area (Å²) >= 11 is 0. The molecule has 0 aliphatic heterocycles. The molecule has 1 aromatic carbocycles. The van der Waals surface area contributed by atoms with Crippen molar-refractivity contribution in [3.63, 3.8) is 0 Å². The fourth-order valence-electron chi connectivity index (χ4n) is 1.82. The van der Waals surface area contributed by atoms with Gasteiger partial charge < -0.3 is 5.11 Å². The Labute approximate surface area is 124 Å². The van der Waals surface area contributed by atoms with Crippen molar-refractivity contribution in [2.75, 3.05) is 13.1 Å². The van der Waals surface area contributed by atoms with E-state index in [1.165, 1.54) is 31.2 Å². The third kappa shape index (κ3) is 4.64. The van der Waals surface area contributed by atoms with Gasteiger partial charge in [-0.05, 0) is 25.0 Å². The number of carboxylic acid groups (broad SMARTS) is 1. The minimum absolute atomic E-state index is 0.00406. The molecule has 0 atom stereocenters. The van der Waals surface area contributed by atoms with Gasteiger partial charge in [-0.3, -0.25) is 9.59 Å². The minimum atomic E-state index is -3.89. The highest BCUT2D eigenvalue weighted by atomic mass is 32.2. The average molecular weight is 313 g/mol. The molecule has 0 spiro atoms. The first-order chi connectivity index (χ1) is 9.64. The van der Waals surface area contributed by atoms with Crippen LogP contribution in [0.15, 0.2) is 29.2 Å². The van der Waals surface area contributed by atoms with Gasteiger partial charge in [0.05, 0.1) is 4.90 Å². The Balaban J connectivity index is 3.15. The summed E-state index contributed by atoms with van der Waals surface area (Å²) in [5.74, 6) is -1.38. The highest BCUT2D eigenvalue weighted by molar-refractivity contribution is 7.89. The molecule has 0 unspecified atom stereocenters. The van der Waals surface area contributed by atoms with Crippen molar-refractivity contribution in [1.82, 2.24) is 4.31 Å². The summed E-state index contributed by atoms with van der Waals surface area (Å²) in [5.41, 5.74) is 0.405. The molecule has 21 heavy (non-hydrogen) atoms. The molecule has 0 amide bonds. The number of sulfonamides is 1. The van der Waals surface area contributed by atoms with Gasteiger partial charge in [-0.15, -0.1) is 0 Å². The van der Waals surface area contributed by atoms with E-state index in [-0.39, 0.29) is 23.1 Å². The van der Waals surface area contributed by atoms with Gasteiger partial charge in [0.25, 0.3) is 0 Å². The van der Waals surface area contributed by atoms with Gasteiger partial charge in [0.2, 0.25) is 10.0 Å². The standard InChI is InChI=1S/C14H19NO5S/c1-10(2)8-15(9-14(17)18)21(19,20)13-6-4-12(5-7-13)11(3)16/h4-7,10H,8-9H2,1-3H3,(H,17,18). The van der Waals surface area contributed by atoms with Crippen LogP contribution >= 0.6 is 0 Å². The Morgan fingerprint density at radius 3 is 2.10 bits per heavy atom. The fourth-order valence-corrected chi connectivity index (χ4v) is 3.37. The first-order valence-corrected chi connectivity index (χ1v) is 7.91. The van der Waals surface area contributed by atoms with Crippen molar-refractivity contribution < 1.29 is 23.1 Å². The van der Waals surface area contributed by atoms with Crippen molar-refractivity contribution in [3.05, 3.63) is 29.8 Å². The number of carboxylic acids is 1. The normalized spacial score (nSPS) is 11.9. The number of ketones is 1. The van der Waals surface area contributed by atoms with E-state index in [2.05, 4.69) is 0 Å². The minimum Gasteiger partial charge on any atom is -0.480 e. The lowest BCUT2D eigenvalue weighted by molar-refractivity contribution is -0.137. The SMILES string of the molecule is CC(=O)c1ccc(S(=O)(=O)N(CC(=O)O)CC(C)C)cc1. The van der Waals surface area contributed by atoms with E-state index >= 15 is 0 Å². The molecule has 1 rings (SSSR count). The summed E-state index contributed by atoms with van der Waals surface area (Å²) in [6.45, 7) is 4.53. The van der Waals surface area contributed by atoms with Gasteiger partial charge >= 0.3 is 5.97 Å². The number of carbonyl (C=O) groups is 2. The number of rotatable bonds is 7. The summed E-state index contributed by atoms with van der Waals surface area (Å²) in [5, 5.41) is 8.87. The van der Waals surface area contributed by atoms with Crippen LogP contribution in [0.4, 0.5) is 0 Å². The molecule has 0 aromatic heterocycles. The van der Waals surface area contributed by atoms with E-state index in [0.29, 0.717) is 5.56 Å². The second-order valence-electron chi connectivity index (χ2n) is 5.17. The number of carbonyl (C=O) groups excluding carboxylic acids is 1. The summed E-state index contributed by atoms with van der Waals surface area (Å²) in [6, 6.07) is 5.48. The number of hydrogen-bond donors (Lipinski definition) is 1. The Bertz CT molecular complexity index is 619. The molecular formula is C14H19NO5S. The zero-order chi connectivity index (χ0) is 16.2.